The highest BCUT2D eigenvalue weighted by atomic mass is 19.4. The molecule has 1 fully saturated rings. The lowest BCUT2D eigenvalue weighted by atomic mass is 9.94. The van der Waals surface area contributed by atoms with Gasteiger partial charge in [-0.2, -0.15) is 13.2 Å². The highest BCUT2D eigenvalue weighted by molar-refractivity contribution is 6.02. The summed E-state index contributed by atoms with van der Waals surface area (Å²) in [6.07, 6.45) is 0.191. The average molecular weight is 435 g/mol. The Labute approximate surface area is 182 Å². The van der Waals surface area contributed by atoms with E-state index in [0.29, 0.717) is 24.0 Å². The Morgan fingerprint density at radius 1 is 1.03 bits per heavy atom. The van der Waals surface area contributed by atoms with E-state index in [9.17, 15) is 18.0 Å². The molecule has 162 valence electrons. The van der Waals surface area contributed by atoms with Crippen LogP contribution in [0.4, 0.5) is 18.9 Å². The first-order valence-corrected chi connectivity index (χ1v) is 10.3. The number of aryl methyl sites for hydroxylation is 1. The number of hydrogen-bond donors (Lipinski definition) is 1. The molecule has 1 amide bonds. The van der Waals surface area contributed by atoms with Crippen LogP contribution in [0.5, 0.6) is 0 Å². The van der Waals surface area contributed by atoms with Gasteiger partial charge in [-0.15, -0.1) is 0 Å². The molecule has 0 radical (unpaired) electrons. The second-order valence-electron chi connectivity index (χ2n) is 8.26. The van der Waals surface area contributed by atoms with Crippen molar-refractivity contribution in [3.8, 4) is 11.1 Å². The summed E-state index contributed by atoms with van der Waals surface area (Å²) in [7, 11) is 1.85. The maximum Gasteiger partial charge on any atom is 0.416 e. The van der Waals surface area contributed by atoms with Gasteiger partial charge in [-0.3, -0.25) is 4.79 Å². The summed E-state index contributed by atoms with van der Waals surface area (Å²) in [4.78, 5) is 17.5. The molecular formula is C25H20F3N3O. The third kappa shape index (κ3) is 3.53. The van der Waals surface area contributed by atoms with Gasteiger partial charge in [0.15, 0.2) is 0 Å². The van der Waals surface area contributed by atoms with Crippen molar-refractivity contribution >= 4 is 22.6 Å². The molecule has 0 unspecified atom stereocenters. The highest BCUT2D eigenvalue weighted by Crippen LogP contribution is 2.49. The van der Waals surface area contributed by atoms with Crippen LogP contribution >= 0.6 is 0 Å². The number of alkyl halides is 3. The fourth-order valence-electron chi connectivity index (χ4n) is 4.12. The molecule has 0 bridgehead atoms. The maximum atomic E-state index is 13.6. The summed E-state index contributed by atoms with van der Waals surface area (Å²) in [5, 5.41) is 3.57. The molecule has 2 aromatic heterocycles. The smallest absolute Gasteiger partial charge is 0.336 e. The number of rotatable bonds is 4. The topological polar surface area (TPSA) is 46.9 Å². The molecule has 32 heavy (non-hydrogen) atoms. The zero-order valence-electron chi connectivity index (χ0n) is 17.3. The van der Waals surface area contributed by atoms with Crippen molar-refractivity contribution in [3.63, 3.8) is 0 Å². The standard InChI is InChI=1S/C25H20F3N3O/c1-31-10-7-16-11-18(15-29-22(16)31)17-12-20(25(26,27)28)14-21(13-17)30-23(32)24(8-9-24)19-5-3-2-4-6-19/h2-7,10-15H,8-9H2,1H3,(H,30,32). The van der Waals surface area contributed by atoms with Gasteiger partial charge >= 0.3 is 6.18 Å². The monoisotopic (exact) mass is 435 g/mol. The molecule has 1 aliphatic carbocycles. The van der Waals surface area contributed by atoms with Gasteiger partial charge in [-0.1, -0.05) is 30.3 Å². The predicted octanol–water partition coefficient (Wildman–Crippen LogP) is 5.93. The molecule has 5 rings (SSSR count). The molecular weight excluding hydrogens is 415 g/mol. The summed E-state index contributed by atoms with van der Waals surface area (Å²) < 4.78 is 42.8. The second-order valence-corrected chi connectivity index (χ2v) is 8.26. The molecule has 1 aliphatic rings. The van der Waals surface area contributed by atoms with Gasteiger partial charge in [-0.05, 0) is 54.3 Å². The molecule has 4 nitrogen and oxygen atoms in total. The van der Waals surface area contributed by atoms with Crippen LogP contribution in [-0.4, -0.2) is 15.5 Å². The SMILES string of the molecule is Cn1ccc2cc(-c3cc(NC(=O)C4(c5ccccc5)CC4)cc(C(F)(F)F)c3)cnc21. The minimum Gasteiger partial charge on any atom is -0.336 e. The molecule has 1 saturated carbocycles. The number of halogens is 3. The van der Waals surface area contributed by atoms with Gasteiger partial charge < -0.3 is 9.88 Å². The Morgan fingerprint density at radius 3 is 2.47 bits per heavy atom. The molecule has 2 heterocycles. The first-order valence-electron chi connectivity index (χ1n) is 10.3. The Morgan fingerprint density at radius 2 is 1.78 bits per heavy atom. The van der Waals surface area contributed by atoms with Gasteiger partial charge in [0.1, 0.15) is 5.65 Å². The molecule has 0 atom stereocenters. The van der Waals surface area contributed by atoms with Gasteiger partial charge in [0.2, 0.25) is 5.91 Å². The third-order valence-corrected chi connectivity index (χ3v) is 6.07. The summed E-state index contributed by atoms with van der Waals surface area (Å²) >= 11 is 0. The van der Waals surface area contributed by atoms with Crippen LogP contribution in [0.3, 0.4) is 0 Å². The van der Waals surface area contributed by atoms with Crippen LogP contribution in [-0.2, 0) is 23.4 Å². The lowest BCUT2D eigenvalue weighted by Gasteiger charge is -2.18. The Hall–Kier alpha value is -3.61. The summed E-state index contributed by atoms with van der Waals surface area (Å²) in [5.41, 5.74) is 1.14. The van der Waals surface area contributed by atoms with Crippen molar-refractivity contribution in [2.45, 2.75) is 24.4 Å². The van der Waals surface area contributed by atoms with E-state index in [0.717, 1.165) is 28.7 Å². The Bertz CT molecular complexity index is 1320. The number of fused-ring (bicyclic) bond motifs is 1. The van der Waals surface area contributed by atoms with Crippen LogP contribution in [0.2, 0.25) is 0 Å². The van der Waals surface area contributed by atoms with Crippen LogP contribution in [0.25, 0.3) is 22.2 Å². The predicted molar refractivity (Wildman–Crippen MR) is 117 cm³/mol. The molecule has 7 heteroatoms. The van der Waals surface area contributed by atoms with Crippen molar-refractivity contribution in [1.29, 1.82) is 0 Å². The quantitative estimate of drug-likeness (QED) is 0.432. The number of hydrogen-bond acceptors (Lipinski definition) is 2. The number of aromatic nitrogens is 2. The fourth-order valence-corrected chi connectivity index (χ4v) is 4.12. The van der Waals surface area contributed by atoms with Crippen LogP contribution in [0.1, 0.15) is 24.0 Å². The number of amides is 1. The number of nitrogens with one attached hydrogen (secondary N) is 1. The molecule has 4 aromatic rings. The number of anilines is 1. The van der Waals surface area contributed by atoms with Crippen molar-refractivity contribution in [2.75, 3.05) is 5.32 Å². The second kappa shape index (κ2) is 7.22. The number of carbonyl (C=O) groups excluding carboxylic acids is 1. The number of nitrogens with zero attached hydrogens (tertiary/aromatic N) is 2. The van der Waals surface area contributed by atoms with E-state index < -0.39 is 17.2 Å². The van der Waals surface area contributed by atoms with Crippen molar-refractivity contribution in [1.82, 2.24) is 9.55 Å². The minimum atomic E-state index is -4.55. The third-order valence-electron chi connectivity index (χ3n) is 6.07. The van der Waals surface area contributed by atoms with E-state index in [2.05, 4.69) is 10.3 Å². The van der Waals surface area contributed by atoms with Gasteiger partial charge in [0.05, 0.1) is 11.0 Å². The summed E-state index contributed by atoms with van der Waals surface area (Å²) in [6, 6.07) is 16.6. The largest absolute Gasteiger partial charge is 0.416 e. The molecule has 1 N–H and O–H groups in total. The molecule has 0 saturated heterocycles. The zero-order chi connectivity index (χ0) is 22.5. The minimum absolute atomic E-state index is 0.121. The van der Waals surface area contributed by atoms with E-state index in [1.165, 1.54) is 0 Å². The highest BCUT2D eigenvalue weighted by Gasteiger charge is 2.51. The zero-order valence-corrected chi connectivity index (χ0v) is 17.3. The van der Waals surface area contributed by atoms with E-state index in [4.69, 9.17) is 0 Å². The van der Waals surface area contributed by atoms with Crippen LogP contribution < -0.4 is 5.32 Å². The van der Waals surface area contributed by atoms with E-state index in [-0.39, 0.29) is 11.6 Å². The molecule has 2 aromatic carbocycles. The van der Waals surface area contributed by atoms with E-state index in [1.807, 2.05) is 54.2 Å². The van der Waals surface area contributed by atoms with Crippen LogP contribution in [0.15, 0.2) is 73.1 Å². The van der Waals surface area contributed by atoms with Gasteiger partial charge in [-0.25, -0.2) is 4.98 Å². The Balaban J connectivity index is 1.53. The Kier molecular flexibility index (Phi) is 4.58. The maximum absolute atomic E-state index is 13.6. The molecule has 0 spiro atoms. The fraction of sp³-hybridized carbons (Fsp3) is 0.200. The van der Waals surface area contributed by atoms with E-state index >= 15 is 0 Å². The van der Waals surface area contributed by atoms with Gasteiger partial charge in [0, 0.05) is 36.1 Å². The lowest BCUT2D eigenvalue weighted by Crippen LogP contribution is -2.28. The summed E-state index contributed by atoms with van der Waals surface area (Å²) in [6.45, 7) is 0. The number of benzene rings is 2. The first-order chi connectivity index (χ1) is 15.3. The van der Waals surface area contributed by atoms with Gasteiger partial charge in [0.25, 0.3) is 0 Å². The number of carbonyl (C=O) groups is 1. The molecule has 0 aliphatic heterocycles. The van der Waals surface area contributed by atoms with E-state index in [1.54, 1.807) is 18.3 Å². The van der Waals surface area contributed by atoms with Crippen molar-refractivity contribution in [3.05, 3.63) is 84.2 Å². The first kappa shape index (κ1) is 20.3. The lowest BCUT2D eigenvalue weighted by molar-refractivity contribution is -0.137. The van der Waals surface area contributed by atoms with Crippen molar-refractivity contribution in [2.24, 2.45) is 7.05 Å². The van der Waals surface area contributed by atoms with Crippen molar-refractivity contribution < 1.29 is 18.0 Å². The van der Waals surface area contributed by atoms with Crippen LogP contribution in [0, 0.1) is 0 Å². The average Bonchev–Trinajstić information content (AvgIpc) is 3.52. The number of pyridine rings is 1. The normalized spacial score (nSPS) is 15.0. The summed E-state index contributed by atoms with van der Waals surface area (Å²) in [5.74, 6) is -0.286.